The van der Waals surface area contributed by atoms with Crippen molar-refractivity contribution in [2.75, 3.05) is 52.5 Å². The second-order valence-corrected chi connectivity index (χ2v) is 16.6. The lowest BCUT2D eigenvalue weighted by Gasteiger charge is -2.27. The van der Waals surface area contributed by atoms with Gasteiger partial charge in [0.2, 0.25) is 0 Å². The Morgan fingerprint density at radius 2 is 0.860 bits per heavy atom. The highest BCUT2D eigenvalue weighted by atomic mass is 16.5. The first kappa shape index (κ1) is 52.8. The highest BCUT2D eigenvalue weighted by molar-refractivity contribution is 5.70. The van der Waals surface area contributed by atoms with E-state index >= 15 is 0 Å². The van der Waals surface area contributed by atoms with Crippen molar-refractivity contribution in [2.45, 2.75) is 213 Å². The summed E-state index contributed by atoms with van der Waals surface area (Å²) in [5.41, 5.74) is 0. The first-order valence-electron chi connectivity index (χ1n) is 24.5. The number of piperidine rings is 1. The monoisotopic (exact) mass is 797 g/mol. The third-order valence-electron chi connectivity index (χ3n) is 11.1. The number of allylic oxidation sites excluding steroid dienone is 8. The molecular formula is C51H92N2O4. The van der Waals surface area contributed by atoms with E-state index in [9.17, 15) is 9.59 Å². The topological polar surface area (TPSA) is 59.1 Å². The molecule has 0 bridgehead atoms. The maximum atomic E-state index is 12.6. The Balaban J connectivity index is 2.14. The molecule has 6 heteroatoms. The van der Waals surface area contributed by atoms with Crippen molar-refractivity contribution in [1.82, 2.24) is 9.80 Å². The standard InChI is InChI=1S/C51H92N2O4/c1-3-5-7-9-11-13-15-17-19-21-23-25-27-29-31-38-48-56-50(54)40-46-53(45-37-36-44-52-42-34-33-35-43-52)47-41-51(55)57-49-39-32-30-28-26-24-22-20-18-16-14-12-10-8-6-4-2/h11-14,17-20H,3-10,15-16,21-49H2,1-2H3/b13-11-,14-12-,19-17-,20-18-. The van der Waals surface area contributed by atoms with E-state index in [2.05, 4.69) is 72.3 Å². The lowest BCUT2D eigenvalue weighted by molar-refractivity contribution is -0.144. The molecule has 0 atom stereocenters. The molecule has 1 rings (SSSR count). The van der Waals surface area contributed by atoms with Gasteiger partial charge in [-0.2, -0.15) is 0 Å². The van der Waals surface area contributed by atoms with Crippen molar-refractivity contribution in [2.24, 2.45) is 0 Å². The zero-order valence-electron chi connectivity index (χ0n) is 37.7. The number of carbonyl (C=O) groups excluding carboxylic acids is 2. The molecule has 0 spiro atoms. The summed E-state index contributed by atoms with van der Waals surface area (Å²) in [5, 5.41) is 0. The average molecular weight is 797 g/mol. The van der Waals surface area contributed by atoms with Crippen LogP contribution in [0.3, 0.4) is 0 Å². The maximum Gasteiger partial charge on any atom is 0.307 e. The molecule has 1 saturated heterocycles. The van der Waals surface area contributed by atoms with E-state index in [0.29, 0.717) is 39.1 Å². The zero-order chi connectivity index (χ0) is 41.0. The van der Waals surface area contributed by atoms with Crippen molar-refractivity contribution in [3.05, 3.63) is 48.6 Å². The molecule has 0 amide bonds. The summed E-state index contributed by atoms with van der Waals surface area (Å²) >= 11 is 0. The maximum absolute atomic E-state index is 12.6. The molecular weight excluding hydrogens is 705 g/mol. The third kappa shape index (κ3) is 39.1. The molecule has 1 aliphatic rings. The molecule has 0 aromatic heterocycles. The number of esters is 2. The van der Waals surface area contributed by atoms with Gasteiger partial charge < -0.3 is 19.3 Å². The van der Waals surface area contributed by atoms with Gasteiger partial charge in [-0.25, -0.2) is 0 Å². The Bertz CT molecular complexity index is 933. The highest BCUT2D eigenvalue weighted by Gasteiger charge is 2.14. The van der Waals surface area contributed by atoms with Crippen LogP contribution in [0.5, 0.6) is 0 Å². The van der Waals surface area contributed by atoms with Gasteiger partial charge in [0.05, 0.1) is 26.1 Å². The molecule has 0 unspecified atom stereocenters. The second-order valence-electron chi connectivity index (χ2n) is 16.6. The van der Waals surface area contributed by atoms with Crippen molar-refractivity contribution in [3.8, 4) is 0 Å². The fourth-order valence-electron chi connectivity index (χ4n) is 7.38. The number of hydrogen-bond acceptors (Lipinski definition) is 6. The highest BCUT2D eigenvalue weighted by Crippen LogP contribution is 2.12. The minimum absolute atomic E-state index is 0.115. The van der Waals surface area contributed by atoms with Gasteiger partial charge >= 0.3 is 11.9 Å². The number of rotatable bonds is 41. The summed E-state index contributed by atoms with van der Waals surface area (Å²) in [6.07, 6.45) is 54.4. The largest absolute Gasteiger partial charge is 0.466 e. The Labute approximate surface area is 353 Å². The first-order chi connectivity index (χ1) is 28.2. The van der Waals surface area contributed by atoms with Gasteiger partial charge in [-0.1, -0.05) is 146 Å². The number of likely N-dealkylation sites (tertiary alicyclic amines) is 1. The Morgan fingerprint density at radius 3 is 1.30 bits per heavy atom. The first-order valence-corrected chi connectivity index (χ1v) is 24.5. The van der Waals surface area contributed by atoms with Crippen LogP contribution in [0.2, 0.25) is 0 Å². The van der Waals surface area contributed by atoms with Crippen molar-refractivity contribution >= 4 is 11.9 Å². The molecule has 6 nitrogen and oxygen atoms in total. The average Bonchev–Trinajstić information content (AvgIpc) is 3.22. The van der Waals surface area contributed by atoms with Crippen molar-refractivity contribution in [3.63, 3.8) is 0 Å². The molecule has 1 fully saturated rings. The number of unbranched alkanes of at least 4 members (excludes halogenated alkanes) is 19. The quantitative estimate of drug-likeness (QED) is 0.0349. The van der Waals surface area contributed by atoms with E-state index in [4.69, 9.17) is 9.47 Å². The third-order valence-corrected chi connectivity index (χ3v) is 11.1. The van der Waals surface area contributed by atoms with Crippen LogP contribution in [0.15, 0.2) is 48.6 Å². The number of carbonyl (C=O) groups is 2. The lowest BCUT2D eigenvalue weighted by atomic mass is 10.1. The fraction of sp³-hybridized carbons (Fsp3) is 0.804. The Hall–Kier alpha value is -2.18. The number of nitrogens with zero attached hydrogens (tertiary/aromatic N) is 2. The van der Waals surface area contributed by atoms with Crippen LogP contribution in [0.1, 0.15) is 213 Å². The van der Waals surface area contributed by atoms with Gasteiger partial charge in [0.1, 0.15) is 0 Å². The van der Waals surface area contributed by atoms with E-state index in [1.54, 1.807) is 0 Å². The van der Waals surface area contributed by atoms with E-state index < -0.39 is 0 Å². The second kappa shape index (κ2) is 43.4. The van der Waals surface area contributed by atoms with Crippen molar-refractivity contribution < 1.29 is 19.1 Å². The molecule has 330 valence electrons. The van der Waals surface area contributed by atoms with Crippen molar-refractivity contribution in [1.29, 1.82) is 0 Å². The van der Waals surface area contributed by atoms with E-state index in [-0.39, 0.29) is 11.9 Å². The van der Waals surface area contributed by atoms with E-state index in [1.165, 1.54) is 148 Å². The minimum Gasteiger partial charge on any atom is -0.466 e. The summed E-state index contributed by atoms with van der Waals surface area (Å²) in [5.74, 6) is -0.230. The number of hydrogen-bond donors (Lipinski definition) is 0. The smallest absolute Gasteiger partial charge is 0.307 e. The molecule has 0 saturated carbocycles. The molecule has 0 aromatic carbocycles. The van der Waals surface area contributed by atoms with Crippen LogP contribution < -0.4 is 0 Å². The fourth-order valence-corrected chi connectivity index (χ4v) is 7.38. The molecule has 0 aliphatic carbocycles. The predicted molar refractivity (Wildman–Crippen MR) is 246 cm³/mol. The van der Waals surface area contributed by atoms with Gasteiger partial charge in [-0.05, 0) is 129 Å². The van der Waals surface area contributed by atoms with Crippen LogP contribution in [0, 0.1) is 0 Å². The van der Waals surface area contributed by atoms with Gasteiger partial charge in [0, 0.05) is 13.1 Å². The predicted octanol–water partition coefficient (Wildman–Crippen LogP) is 14.0. The number of ether oxygens (including phenoxy) is 2. The molecule has 0 aromatic rings. The summed E-state index contributed by atoms with van der Waals surface area (Å²) in [4.78, 5) is 30.1. The SMILES string of the molecule is CCCCC/C=C\C/C=C\CCCCCCCCOC(=O)CCN(CCCCN1CCCCC1)CCC(=O)OCCCCCCCC/C=C\C/C=C\CCCCC. The van der Waals surface area contributed by atoms with Gasteiger partial charge in [0.25, 0.3) is 0 Å². The van der Waals surface area contributed by atoms with Crippen LogP contribution >= 0.6 is 0 Å². The minimum atomic E-state index is -0.115. The van der Waals surface area contributed by atoms with E-state index in [1.807, 2.05) is 0 Å². The lowest BCUT2D eigenvalue weighted by Crippen LogP contribution is -2.33. The van der Waals surface area contributed by atoms with Crippen LogP contribution in [-0.2, 0) is 19.1 Å². The summed E-state index contributed by atoms with van der Waals surface area (Å²) in [6, 6.07) is 0. The molecule has 1 aliphatic heterocycles. The Kier molecular flexibility index (Phi) is 40.2. The Morgan fingerprint density at radius 1 is 0.456 bits per heavy atom. The molecule has 57 heavy (non-hydrogen) atoms. The van der Waals surface area contributed by atoms with Gasteiger partial charge in [-0.15, -0.1) is 0 Å². The summed E-state index contributed by atoms with van der Waals surface area (Å²) in [7, 11) is 0. The summed E-state index contributed by atoms with van der Waals surface area (Å²) in [6.45, 7) is 11.3. The van der Waals surface area contributed by atoms with Gasteiger partial charge in [0.15, 0.2) is 0 Å². The molecule has 1 heterocycles. The van der Waals surface area contributed by atoms with Crippen LogP contribution in [0.4, 0.5) is 0 Å². The zero-order valence-corrected chi connectivity index (χ0v) is 37.7. The van der Waals surface area contributed by atoms with Gasteiger partial charge in [-0.3, -0.25) is 9.59 Å². The van der Waals surface area contributed by atoms with Crippen LogP contribution in [0.25, 0.3) is 0 Å². The molecule has 0 N–H and O–H groups in total. The summed E-state index contributed by atoms with van der Waals surface area (Å²) < 4.78 is 11.2. The van der Waals surface area contributed by atoms with E-state index in [0.717, 1.165) is 64.5 Å². The normalized spacial score (nSPS) is 14.0. The molecule has 0 radical (unpaired) electrons. The van der Waals surface area contributed by atoms with Crippen LogP contribution in [-0.4, -0.2) is 74.2 Å².